The largest absolute Gasteiger partial charge is 0.495 e. The molecule has 1 aliphatic rings. The number of halogens is 1. The molecule has 27 heavy (non-hydrogen) atoms. The highest BCUT2D eigenvalue weighted by molar-refractivity contribution is 6.62. The summed E-state index contributed by atoms with van der Waals surface area (Å²) in [5, 5.41) is 2.55. The predicted octanol–water partition coefficient (Wildman–Crippen LogP) is 3.87. The molecule has 0 atom stereocenters. The van der Waals surface area contributed by atoms with Gasteiger partial charge < -0.3 is 14.0 Å². The second kappa shape index (κ2) is 7.33. The van der Waals surface area contributed by atoms with Crippen molar-refractivity contribution < 1.29 is 23.2 Å². The summed E-state index contributed by atoms with van der Waals surface area (Å²) in [6, 6.07) is 13.5. The van der Waals surface area contributed by atoms with Crippen LogP contribution in [0.15, 0.2) is 48.5 Å². The molecule has 0 aliphatic carbocycles. The van der Waals surface area contributed by atoms with E-state index in [-0.39, 0.29) is 12.3 Å². The number of hydrogen-bond acceptors (Lipinski definition) is 4. The maximum atomic E-state index is 14.1. The molecule has 1 saturated heterocycles. The van der Waals surface area contributed by atoms with Crippen LogP contribution in [0, 0.1) is 5.82 Å². The Morgan fingerprint density at radius 2 is 1.70 bits per heavy atom. The molecule has 2 aromatic rings. The van der Waals surface area contributed by atoms with E-state index >= 15 is 0 Å². The zero-order valence-corrected chi connectivity index (χ0v) is 15.9. The highest BCUT2D eigenvalue weighted by atomic mass is 19.1. The second-order valence-electron chi connectivity index (χ2n) is 7.55. The van der Waals surface area contributed by atoms with E-state index in [9.17, 15) is 9.18 Å². The van der Waals surface area contributed by atoms with Crippen LogP contribution in [0.1, 0.15) is 33.3 Å². The normalized spacial score (nSPS) is 17.6. The SMILES string of the molecule is CC1(C)OB(c2cc(F)cc(NC(=O)OCc3ccccc3)c2)OC1(C)C. The molecule has 7 heteroatoms. The van der Waals surface area contributed by atoms with Gasteiger partial charge in [-0.25, -0.2) is 9.18 Å². The number of anilines is 1. The fourth-order valence-corrected chi connectivity index (χ4v) is 2.68. The zero-order valence-electron chi connectivity index (χ0n) is 15.9. The molecule has 0 unspecified atom stereocenters. The fraction of sp³-hybridized carbons (Fsp3) is 0.350. The van der Waals surface area contributed by atoms with Gasteiger partial charge in [0.2, 0.25) is 0 Å². The number of carbonyl (C=O) groups is 1. The molecule has 1 amide bonds. The number of ether oxygens (including phenoxy) is 1. The number of nitrogens with one attached hydrogen (secondary N) is 1. The van der Waals surface area contributed by atoms with E-state index in [4.69, 9.17) is 14.0 Å². The molecule has 0 radical (unpaired) electrons. The summed E-state index contributed by atoms with van der Waals surface area (Å²) in [6.45, 7) is 7.82. The molecular weight excluding hydrogens is 348 g/mol. The molecule has 1 aliphatic heterocycles. The third-order valence-electron chi connectivity index (χ3n) is 4.90. The van der Waals surface area contributed by atoms with Gasteiger partial charge in [0, 0.05) is 5.69 Å². The summed E-state index contributed by atoms with van der Waals surface area (Å²) in [5.41, 5.74) is 0.563. The molecule has 0 spiro atoms. The van der Waals surface area contributed by atoms with Gasteiger partial charge in [-0.1, -0.05) is 30.3 Å². The molecule has 142 valence electrons. The lowest BCUT2D eigenvalue weighted by atomic mass is 9.79. The number of benzene rings is 2. The van der Waals surface area contributed by atoms with E-state index in [1.54, 1.807) is 6.07 Å². The summed E-state index contributed by atoms with van der Waals surface area (Å²) in [6.07, 6.45) is -0.663. The monoisotopic (exact) mass is 371 g/mol. The van der Waals surface area contributed by atoms with Crippen molar-refractivity contribution in [1.29, 1.82) is 0 Å². The van der Waals surface area contributed by atoms with Crippen molar-refractivity contribution in [3.8, 4) is 0 Å². The van der Waals surface area contributed by atoms with Crippen molar-refractivity contribution in [1.82, 2.24) is 0 Å². The molecule has 1 fully saturated rings. The molecule has 0 aromatic heterocycles. The number of amides is 1. The first-order chi connectivity index (χ1) is 12.7. The molecular formula is C20H23BFNO4. The Balaban J connectivity index is 1.68. The Labute approximate surface area is 159 Å². The Bertz CT molecular complexity index is 810. The standard InChI is InChI=1S/C20H23BFNO4/c1-19(2)20(3,4)27-21(26-19)15-10-16(22)12-17(11-15)23-18(24)25-13-14-8-6-5-7-9-14/h5-12H,13H2,1-4H3,(H,23,24). The summed E-state index contributed by atoms with van der Waals surface area (Å²) in [5.74, 6) is -0.499. The molecule has 0 bridgehead atoms. The molecule has 5 nitrogen and oxygen atoms in total. The summed E-state index contributed by atoms with van der Waals surface area (Å²) >= 11 is 0. The Morgan fingerprint density at radius 1 is 1.07 bits per heavy atom. The minimum Gasteiger partial charge on any atom is -0.444 e. The predicted molar refractivity (Wildman–Crippen MR) is 102 cm³/mol. The topological polar surface area (TPSA) is 56.8 Å². The number of hydrogen-bond donors (Lipinski definition) is 1. The molecule has 2 aromatic carbocycles. The Hall–Kier alpha value is -2.38. The average Bonchev–Trinajstić information content (AvgIpc) is 2.81. The minimum absolute atomic E-state index is 0.131. The van der Waals surface area contributed by atoms with Gasteiger partial charge >= 0.3 is 13.2 Å². The first kappa shape index (κ1) is 19.4. The quantitative estimate of drug-likeness (QED) is 0.829. The summed E-state index contributed by atoms with van der Waals surface area (Å²) in [7, 11) is -0.716. The smallest absolute Gasteiger partial charge is 0.444 e. The van der Waals surface area contributed by atoms with Crippen LogP contribution >= 0.6 is 0 Å². The number of rotatable bonds is 4. The fourth-order valence-electron chi connectivity index (χ4n) is 2.68. The number of carbonyl (C=O) groups excluding carboxylic acids is 1. The lowest BCUT2D eigenvalue weighted by molar-refractivity contribution is 0.00578. The van der Waals surface area contributed by atoms with E-state index in [1.807, 2.05) is 58.0 Å². The third kappa shape index (κ3) is 4.49. The summed E-state index contributed by atoms with van der Waals surface area (Å²) in [4.78, 5) is 12.0. The van der Waals surface area contributed by atoms with Crippen molar-refractivity contribution in [3.63, 3.8) is 0 Å². The van der Waals surface area contributed by atoms with Crippen molar-refractivity contribution >= 4 is 24.4 Å². The van der Waals surface area contributed by atoms with Crippen molar-refractivity contribution in [2.45, 2.75) is 45.5 Å². The lowest BCUT2D eigenvalue weighted by Gasteiger charge is -2.32. The van der Waals surface area contributed by atoms with E-state index < -0.39 is 30.2 Å². The van der Waals surface area contributed by atoms with Crippen molar-refractivity contribution in [3.05, 3.63) is 59.9 Å². The molecule has 3 rings (SSSR count). The Kier molecular flexibility index (Phi) is 5.26. The van der Waals surface area contributed by atoms with E-state index in [0.29, 0.717) is 5.46 Å². The first-order valence-corrected chi connectivity index (χ1v) is 8.80. The van der Waals surface area contributed by atoms with Gasteiger partial charge in [-0.05, 0) is 56.9 Å². The van der Waals surface area contributed by atoms with Gasteiger partial charge in [-0.3, -0.25) is 5.32 Å². The van der Waals surface area contributed by atoms with Gasteiger partial charge in [-0.2, -0.15) is 0 Å². The van der Waals surface area contributed by atoms with Gasteiger partial charge in [-0.15, -0.1) is 0 Å². The van der Waals surface area contributed by atoms with E-state index in [2.05, 4.69) is 5.32 Å². The molecule has 0 saturated carbocycles. The van der Waals surface area contributed by atoms with Crippen molar-refractivity contribution in [2.75, 3.05) is 5.32 Å². The van der Waals surface area contributed by atoms with Gasteiger partial charge in [0.1, 0.15) is 12.4 Å². The third-order valence-corrected chi connectivity index (χ3v) is 4.90. The van der Waals surface area contributed by atoms with Crippen LogP contribution in [0.25, 0.3) is 0 Å². The van der Waals surface area contributed by atoms with E-state index in [1.165, 1.54) is 12.1 Å². The van der Waals surface area contributed by atoms with Crippen LogP contribution in [-0.4, -0.2) is 24.4 Å². The van der Waals surface area contributed by atoms with E-state index in [0.717, 1.165) is 5.56 Å². The minimum atomic E-state index is -0.716. The van der Waals surface area contributed by atoms with Crippen LogP contribution in [-0.2, 0) is 20.7 Å². The Morgan fingerprint density at radius 3 is 2.33 bits per heavy atom. The average molecular weight is 371 g/mol. The zero-order chi connectivity index (χ0) is 19.7. The van der Waals surface area contributed by atoms with Crippen LogP contribution in [0.4, 0.5) is 14.9 Å². The van der Waals surface area contributed by atoms with Gasteiger partial charge in [0.05, 0.1) is 11.2 Å². The highest BCUT2D eigenvalue weighted by Gasteiger charge is 2.51. The highest BCUT2D eigenvalue weighted by Crippen LogP contribution is 2.36. The van der Waals surface area contributed by atoms with Crippen LogP contribution in [0.3, 0.4) is 0 Å². The van der Waals surface area contributed by atoms with Gasteiger partial charge in [0.25, 0.3) is 0 Å². The van der Waals surface area contributed by atoms with Crippen LogP contribution in [0.2, 0.25) is 0 Å². The maximum absolute atomic E-state index is 14.1. The molecule has 1 N–H and O–H groups in total. The van der Waals surface area contributed by atoms with Crippen LogP contribution in [0.5, 0.6) is 0 Å². The molecule has 1 heterocycles. The van der Waals surface area contributed by atoms with Crippen LogP contribution < -0.4 is 10.8 Å². The van der Waals surface area contributed by atoms with Crippen molar-refractivity contribution in [2.24, 2.45) is 0 Å². The second-order valence-corrected chi connectivity index (χ2v) is 7.55. The maximum Gasteiger partial charge on any atom is 0.495 e. The first-order valence-electron chi connectivity index (χ1n) is 8.80. The lowest BCUT2D eigenvalue weighted by Crippen LogP contribution is -2.41. The summed E-state index contributed by atoms with van der Waals surface area (Å²) < 4.78 is 31.1. The van der Waals surface area contributed by atoms with Gasteiger partial charge in [0.15, 0.2) is 0 Å².